The van der Waals surface area contributed by atoms with Gasteiger partial charge in [0, 0.05) is 44.0 Å². The van der Waals surface area contributed by atoms with Crippen LogP contribution in [0.4, 0.5) is 5.69 Å². The Morgan fingerprint density at radius 1 is 1.14 bits per heavy atom. The first-order valence-electron chi connectivity index (χ1n) is 12.9. The van der Waals surface area contributed by atoms with E-state index in [0.29, 0.717) is 12.0 Å². The Morgan fingerprint density at radius 3 is 2.46 bits per heavy atom. The van der Waals surface area contributed by atoms with Crippen LogP contribution in [-0.2, 0) is 14.3 Å². The number of rotatable bonds is 8. The van der Waals surface area contributed by atoms with E-state index >= 15 is 0 Å². The number of piperazine rings is 1. The summed E-state index contributed by atoms with van der Waals surface area (Å²) in [6, 6.07) is 5.80. The maximum absolute atomic E-state index is 13.5. The number of carbonyl (C=O) groups is 3. The maximum atomic E-state index is 13.5. The van der Waals surface area contributed by atoms with Crippen LogP contribution >= 0.6 is 0 Å². The highest BCUT2D eigenvalue weighted by Gasteiger charge is 2.52. The Labute approximate surface area is 207 Å². The number of likely N-dealkylation sites (tertiary alicyclic amines) is 1. The van der Waals surface area contributed by atoms with Gasteiger partial charge in [-0.1, -0.05) is 20.8 Å². The molecule has 4 atom stereocenters. The molecule has 2 amide bonds. The topological polar surface area (TPSA) is 108 Å². The van der Waals surface area contributed by atoms with Crippen LogP contribution in [-0.4, -0.2) is 97.5 Å². The van der Waals surface area contributed by atoms with Crippen molar-refractivity contribution in [3.05, 3.63) is 29.8 Å². The Bertz CT molecular complexity index is 913. The van der Waals surface area contributed by atoms with Gasteiger partial charge in [-0.3, -0.25) is 19.3 Å². The van der Waals surface area contributed by atoms with Gasteiger partial charge in [-0.05, 0) is 49.6 Å². The van der Waals surface area contributed by atoms with E-state index in [1.807, 2.05) is 38.1 Å². The van der Waals surface area contributed by atoms with Crippen LogP contribution < -0.4 is 16.0 Å². The molecule has 9 nitrogen and oxygen atoms in total. The average molecular weight is 486 g/mol. The van der Waals surface area contributed by atoms with Gasteiger partial charge in [0.25, 0.3) is 5.91 Å². The molecule has 3 heterocycles. The number of hydrogen-bond acceptors (Lipinski definition) is 7. The summed E-state index contributed by atoms with van der Waals surface area (Å²) < 4.78 is 5.51. The van der Waals surface area contributed by atoms with Crippen LogP contribution in [0.5, 0.6) is 0 Å². The van der Waals surface area contributed by atoms with Gasteiger partial charge in [-0.25, -0.2) is 0 Å². The molecule has 0 spiro atoms. The van der Waals surface area contributed by atoms with E-state index in [0.717, 1.165) is 38.4 Å². The van der Waals surface area contributed by atoms with Gasteiger partial charge in [0.05, 0.1) is 6.04 Å². The third-order valence-corrected chi connectivity index (χ3v) is 7.22. The number of amides is 2. The van der Waals surface area contributed by atoms with Crippen LogP contribution in [0.2, 0.25) is 0 Å². The predicted octanol–water partition coefficient (Wildman–Crippen LogP) is 0.869. The van der Waals surface area contributed by atoms with E-state index in [4.69, 9.17) is 10.5 Å². The lowest BCUT2D eigenvalue weighted by molar-refractivity contribution is -0.138. The van der Waals surface area contributed by atoms with Crippen LogP contribution in [0.25, 0.3) is 0 Å². The van der Waals surface area contributed by atoms with Gasteiger partial charge in [0.2, 0.25) is 5.91 Å². The minimum atomic E-state index is -0.729. The third kappa shape index (κ3) is 5.68. The number of hydrogen-bond donors (Lipinski definition) is 2. The molecule has 0 aromatic heterocycles. The van der Waals surface area contributed by atoms with E-state index in [1.165, 1.54) is 11.3 Å². The molecule has 9 heteroatoms. The fourth-order valence-electron chi connectivity index (χ4n) is 5.42. The first kappa shape index (κ1) is 25.6. The second-order valence-electron chi connectivity index (χ2n) is 10.4. The van der Waals surface area contributed by atoms with Gasteiger partial charge in [0.1, 0.15) is 24.8 Å². The van der Waals surface area contributed by atoms with Crippen LogP contribution in [0.1, 0.15) is 44.0 Å². The molecular weight excluding hydrogens is 446 g/mol. The lowest BCUT2D eigenvalue weighted by atomic mass is 10.0. The molecule has 4 rings (SSSR count). The molecular formula is C26H39N5O4. The number of nitrogens with two attached hydrogens (primary N) is 1. The van der Waals surface area contributed by atoms with Crippen molar-refractivity contribution in [2.45, 2.75) is 57.8 Å². The normalized spacial score (nSPS) is 25.7. The number of benzene rings is 1. The molecule has 1 aromatic rings. The minimum absolute atomic E-state index is 0.0198. The molecule has 3 fully saturated rings. The SMILES string of the molecule is CCCN1CCN(c2ccc(C(=O)NC(CC(C)C)C(=O)N3C[C@H](N)[C@H]4OCC(=O)[C@H]43)cc2)CC1. The summed E-state index contributed by atoms with van der Waals surface area (Å²) in [5, 5.41) is 2.93. The van der Waals surface area contributed by atoms with Gasteiger partial charge in [-0.2, -0.15) is 0 Å². The zero-order valence-electron chi connectivity index (χ0n) is 21.1. The van der Waals surface area contributed by atoms with E-state index < -0.39 is 24.2 Å². The fraction of sp³-hybridized carbons (Fsp3) is 0.654. The number of nitrogens with zero attached hydrogens (tertiary/aromatic N) is 3. The summed E-state index contributed by atoms with van der Waals surface area (Å²) in [5.41, 5.74) is 7.75. The molecule has 0 aliphatic carbocycles. The molecule has 1 aromatic carbocycles. The first-order chi connectivity index (χ1) is 16.8. The molecule has 3 saturated heterocycles. The zero-order chi connectivity index (χ0) is 25.1. The third-order valence-electron chi connectivity index (χ3n) is 7.22. The average Bonchev–Trinajstić information content (AvgIpc) is 3.39. The van der Waals surface area contributed by atoms with E-state index in [9.17, 15) is 14.4 Å². The zero-order valence-corrected chi connectivity index (χ0v) is 21.1. The minimum Gasteiger partial charge on any atom is -0.369 e. The van der Waals surface area contributed by atoms with Crippen LogP contribution in [0, 0.1) is 5.92 Å². The molecule has 0 bridgehead atoms. The van der Waals surface area contributed by atoms with E-state index in [1.54, 1.807) is 0 Å². The van der Waals surface area contributed by atoms with E-state index in [-0.39, 0.29) is 36.7 Å². The summed E-state index contributed by atoms with van der Waals surface area (Å²) in [7, 11) is 0. The first-order valence-corrected chi connectivity index (χ1v) is 12.9. The highest BCUT2D eigenvalue weighted by molar-refractivity contribution is 5.99. The van der Waals surface area contributed by atoms with Crippen molar-refractivity contribution in [3.8, 4) is 0 Å². The Morgan fingerprint density at radius 2 is 1.83 bits per heavy atom. The monoisotopic (exact) mass is 485 g/mol. The molecule has 3 aliphatic heterocycles. The second-order valence-corrected chi connectivity index (χ2v) is 10.4. The highest BCUT2D eigenvalue weighted by Crippen LogP contribution is 2.28. The number of ketones is 1. The van der Waals surface area contributed by atoms with Gasteiger partial charge < -0.3 is 25.6 Å². The number of anilines is 1. The molecule has 3 aliphatic rings. The Hall–Kier alpha value is -2.49. The van der Waals surface area contributed by atoms with Crippen LogP contribution in [0.3, 0.4) is 0 Å². The summed E-state index contributed by atoms with van der Waals surface area (Å²) in [6.07, 6.45) is 1.18. The van der Waals surface area contributed by atoms with Gasteiger partial charge in [-0.15, -0.1) is 0 Å². The number of carbonyl (C=O) groups excluding carboxylic acids is 3. The molecule has 3 N–H and O–H groups in total. The number of fused-ring (bicyclic) bond motifs is 1. The molecule has 192 valence electrons. The van der Waals surface area contributed by atoms with Crippen molar-refractivity contribution in [2.75, 3.05) is 50.8 Å². The molecule has 35 heavy (non-hydrogen) atoms. The summed E-state index contributed by atoms with van der Waals surface area (Å²) in [6.45, 7) is 11.6. The smallest absolute Gasteiger partial charge is 0.251 e. The quantitative estimate of drug-likeness (QED) is 0.562. The summed E-state index contributed by atoms with van der Waals surface area (Å²) in [4.78, 5) is 45.2. The molecule has 0 radical (unpaired) electrons. The maximum Gasteiger partial charge on any atom is 0.251 e. The largest absolute Gasteiger partial charge is 0.369 e. The molecule has 1 unspecified atom stereocenters. The highest BCUT2D eigenvalue weighted by atomic mass is 16.5. The molecule has 0 saturated carbocycles. The van der Waals surface area contributed by atoms with Gasteiger partial charge >= 0.3 is 0 Å². The lowest BCUT2D eigenvalue weighted by Crippen LogP contribution is -2.52. The van der Waals surface area contributed by atoms with Gasteiger partial charge in [0.15, 0.2) is 5.78 Å². The Balaban J connectivity index is 1.40. The number of ether oxygens (including phenoxy) is 1. The lowest BCUT2D eigenvalue weighted by Gasteiger charge is -2.36. The van der Waals surface area contributed by atoms with Crippen molar-refractivity contribution in [2.24, 2.45) is 11.7 Å². The Kier molecular flexibility index (Phi) is 8.09. The van der Waals surface area contributed by atoms with Crippen molar-refractivity contribution in [1.82, 2.24) is 15.1 Å². The van der Waals surface area contributed by atoms with Crippen LogP contribution in [0.15, 0.2) is 24.3 Å². The second kappa shape index (κ2) is 11.1. The predicted molar refractivity (Wildman–Crippen MR) is 134 cm³/mol. The van der Waals surface area contributed by atoms with Crippen molar-refractivity contribution in [1.29, 1.82) is 0 Å². The number of Topliss-reactive ketones (excluding diaryl/α,β-unsaturated/α-hetero) is 1. The van der Waals surface area contributed by atoms with Crippen molar-refractivity contribution < 1.29 is 19.1 Å². The number of nitrogens with one attached hydrogen (secondary N) is 1. The standard InChI is InChI=1S/C26H39N5O4/c1-4-9-29-10-12-30(13-11-29)19-7-5-18(6-8-19)25(33)28-21(14-17(2)3)26(34)31-15-20(27)24-23(31)22(32)16-35-24/h5-8,17,20-21,23-24H,4,9-16,27H2,1-3H3,(H,28,33)/t20-,21?,23+,24+/m0/s1. The summed E-state index contributed by atoms with van der Waals surface area (Å²) >= 11 is 0. The summed E-state index contributed by atoms with van der Waals surface area (Å²) in [5.74, 6) is -0.509. The van der Waals surface area contributed by atoms with E-state index in [2.05, 4.69) is 22.0 Å². The fourth-order valence-corrected chi connectivity index (χ4v) is 5.42. The van der Waals surface area contributed by atoms with Crippen molar-refractivity contribution in [3.63, 3.8) is 0 Å². The van der Waals surface area contributed by atoms with Crippen molar-refractivity contribution >= 4 is 23.3 Å².